The van der Waals surface area contributed by atoms with Crippen molar-refractivity contribution in [3.05, 3.63) is 24.3 Å². The van der Waals surface area contributed by atoms with Gasteiger partial charge in [-0.05, 0) is 25.5 Å². The van der Waals surface area contributed by atoms with Crippen LogP contribution in [0, 0.1) is 0 Å². The highest BCUT2D eigenvalue weighted by Crippen LogP contribution is 2.26. The van der Waals surface area contributed by atoms with E-state index >= 15 is 0 Å². The maximum Gasteiger partial charge on any atom is 0.161 e. The quantitative estimate of drug-likeness (QED) is 0.709. The van der Waals surface area contributed by atoms with Gasteiger partial charge in [0.2, 0.25) is 0 Å². The molecule has 13 heavy (non-hydrogen) atoms. The number of hydrogen-bond donors (Lipinski definition) is 0. The highest BCUT2D eigenvalue weighted by atomic mass is 16.5. The number of hydrogen-bond acceptors (Lipinski definition) is 2. The molecule has 0 heterocycles. The summed E-state index contributed by atoms with van der Waals surface area (Å²) in [6, 6.07) is 7.70. The molecular formula is C11H16O2. The molecule has 0 aromatic heterocycles. The van der Waals surface area contributed by atoms with E-state index in [2.05, 4.69) is 6.92 Å². The summed E-state index contributed by atoms with van der Waals surface area (Å²) in [6.07, 6.45) is 1.23. The SMILES string of the molecule is CCC(C)Oc1ccccc1OC. The van der Waals surface area contributed by atoms with Crippen molar-refractivity contribution in [3.8, 4) is 11.5 Å². The topological polar surface area (TPSA) is 18.5 Å². The van der Waals surface area contributed by atoms with Crippen LogP contribution in [0.4, 0.5) is 0 Å². The molecule has 1 aromatic rings. The van der Waals surface area contributed by atoms with Crippen LogP contribution in [-0.2, 0) is 0 Å². The van der Waals surface area contributed by atoms with Gasteiger partial charge in [-0.15, -0.1) is 0 Å². The Hall–Kier alpha value is -1.18. The van der Waals surface area contributed by atoms with Gasteiger partial charge in [0.15, 0.2) is 11.5 Å². The summed E-state index contributed by atoms with van der Waals surface area (Å²) < 4.78 is 10.8. The Morgan fingerprint density at radius 3 is 2.38 bits per heavy atom. The van der Waals surface area contributed by atoms with Crippen molar-refractivity contribution in [2.75, 3.05) is 7.11 Å². The molecule has 1 unspecified atom stereocenters. The average molecular weight is 180 g/mol. The molecule has 0 spiro atoms. The minimum atomic E-state index is 0.233. The summed E-state index contributed by atoms with van der Waals surface area (Å²) in [7, 11) is 1.65. The lowest BCUT2D eigenvalue weighted by atomic mass is 10.3. The fourth-order valence-corrected chi connectivity index (χ4v) is 1.02. The second kappa shape index (κ2) is 4.75. The minimum absolute atomic E-state index is 0.233. The Balaban J connectivity index is 2.74. The molecule has 0 aliphatic rings. The third-order valence-electron chi connectivity index (χ3n) is 1.97. The van der Waals surface area contributed by atoms with Crippen LogP contribution in [0.5, 0.6) is 11.5 Å². The zero-order chi connectivity index (χ0) is 9.68. The van der Waals surface area contributed by atoms with Crippen molar-refractivity contribution in [1.82, 2.24) is 0 Å². The number of benzene rings is 1. The van der Waals surface area contributed by atoms with Crippen LogP contribution in [0.1, 0.15) is 20.3 Å². The van der Waals surface area contributed by atoms with E-state index in [1.165, 1.54) is 0 Å². The predicted octanol–water partition coefficient (Wildman–Crippen LogP) is 2.87. The van der Waals surface area contributed by atoms with E-state index < -0.39 is 0 Å². The Labute approximate surface area is 79.5 Å². The van der Waals surface area contributed by atoms with E-state index in [0.717, 1.165) is 17.9 Å². The first kappa shape index (κ1) is 9.90. The monoisotopic (exact) mass is 180 g/mol. The molecule has 0 fully saturated rings. The maximum absolute atomic E-state index is 5.66. The summed E-state index contributed by atoms with van der Waals surface area (Å²) in [5.41, 5.74) is 0. The van der Waals surface area contributed by atoms with Gasteiger partial charge in [-0.25, -0.2) is 0 Å². The van der Waals surface area contributed by atoms with Gasteiger partial charge in [0, 0.05) is 0 Å². The first-order chi connectivity index (χ1) is 6.27. The molecule has 1 atom stereocenters. The molecular weight excluding hydrogens is 164 g/mol. The second-order valence-corrected chi connectivity index (χ2v) is 2.99. The predicted molar refractivity (Wildman–Crippen MR) is 53.4 cm³/mol. The van der Waals surface area contributed by atoms with E-state index in [-0.39, 0.29) is 6.10 Å². The normalized spacial score (nSPS) is 12.2. The van der Waals surface area contributed by atoms with Gasteiger partial charge in [-0.2, -0.15) is 0 Å². The van der Waals surface area contributed by atoms with Crippen molar-refractivity contribution < 1.29 is 9.47 Å². The van der Waals surface area contributed by atoms with Gasteiger partial charge in [0.25, 0.3) is 0 Å². The summed E-state index contributed by atoms with van der Waals surface area (Å²) in [4.78, 5) is 0. The van der Waals surface area contributed by atoms with Crippen LogP contribution in [0.2, 0.25) is 0 Å². The summed E-state index contributed by atoms with van der Waals surface area (Å²) in [5.74, 6) is 1.61. The summed E-state index contributed by atoms with van der Waals surface area (Å²) >= 11 is 0. The van der Waals surface area contributed by atoms with Gasteiger partial charge in [-0.3, -0.25) is 0 Å². The Kier molecular flexibility index (Phi) is 3.62. The molecule has 72 valence electrons. The number of para-hydroxylation sites is 2. The smallest absolute Gasteiger partial charge is 0.161 e. The van der Waals surface area contributed by atoms with E-state index in [0.29, 0.717) is 0 Å². The van der Waals surface area contributed by atoms with Crippen LogP contribution in [0.3, 0.4) is 0 Å². The number of rotatable bonds is 4. The van der Waals surface area contributed by atoms with Gasteiger partial charge in [0.1, 0.15) is 0 Å². The molecule has 0 radical (unpaired) electrons. The first-order valence-corrected chi connectivity index (χ1v) is 4.57. The first-order valence-electron chi connectivity index (χ1n) is 4.57. The maximum atomic E-state index is 5.66. The largest absolute Gasteiger partial charge is 0.493 e. The molecule has 2 heteroatoms. The highest BCUT2D eigenvalue weighted by molar-refractivity contribution is 5.39. The Morgan fingerprint density at radius 1 is 1.23 bits per heavy atom. The molecule has 0 aliphatic heterocycles. The average Bonchev–Trinajstić information content (AvgIpc) is 2.18. The molecule has 0 saturated heterocycles. The van der Waals surface area contributed by atoms with E-state index in [1.54, 1.807) is 7.11 Å². The van der Waals surface area contributed by atoms with Gasteiger partial charge >= 0.3 is 0 Å². The van der Waals surface area contributed by atoms with Crippen LogP contribution in [0.25, 0.3) is 0 Å². The van der Waals surface area contributed by atoms with Crippen molar-refractivity contribution >= 4 is 0 Å². The molecule has 0 amide bonds. The third kappa shape index (κ3) is 2.65. The standard InChI is InChI=1S/C11H16O2/c1-4-9(2)13-11-8-6-5-7-10(11)12-3/h5-9H,4H2,1-3H3. The molecule has 0 N–H and O–H groups in total. The molecule has 0 bridgehead atoms. The Bertz CT molecular complexity index is 258. The molecule has 0 saturated carbocycles. The fourth-order valence-electron chi connectivity index (χ4n) is 1.02. The molecule has 1 rings (SSSR count). The fraction of sp³-hybridized carbons (Fsp3) is 0.455. The number of ether oxygens (including phenoxy) is 2. The third-order valence-corrected chi connectivity index (χ3v) is 1.97. The zero-order valence-corrected chi connectivity index (χ0v) is 8.41. The molecule has 1 aromatic carbocycles. The zero-order valence-electron chi connectivity index (χ0n) is 8.41. The lowest BCUT2D eigenvalue weighted by Crippen LogP contribution is -2.10. The van der Waals surface area contributed by atoms with Crippen molar-refractivity contribution in [3.63, 3.8) is 0 Å². The number of methoxy groups -OCH3 is 1. The Morgan fingerprint density at radius 2 is 1.85 bits per heavy atom. The van der Waals surface area contributed by atoms with Crippen LogP contribution in [0.15, 0.2) is 24.3 Å². The second-order valence-electron chi connectivity index (χ2n) is 2.99. The molecule has 0 aliphatic carbocycles. The van der Waals surface area contributed by atoms with E-state index in [4.69, 9.17) is 9.47 Å². The van der Waals surface area contributed by atoms with Gasteiger partial charge < -0.3 is 9.47 Å². The molecule has 2 nitrogen and oxygen atoms in total. The van der Waals surface area contributed by atoms with Crippen molar-refractivity contribution in [2.45, 2.75) is 26.4 Å². The summed E-state index contributed by atoms with van der Waals surface area (Å²) in [5, 5.41) is 0. The van der Waals surface area contributed by atoms with Gasteiger partial charge in [0.05, 0.1) is 13.2 Å². The summed E-state index contributed by atoms with van der Waals surface area (Å²) in [6.45, 7) is 4.15. The van der Waals surface area contributed by atoms with Gasteiger partial charge in [-0.1, -0.05) is 19.1 Å². The lowest BCUT2D eigenvalue weighted by Gasteiger charge is -2.14. The van der Waals surface area contributed by atoms with E-state index in [9.17, 15) is 0 Å². The van der Waals surface area contributed by atoms with Crippen LogP contribution < -0.4 is 9.47 Å². The highest BCUT2D eigenvalue weighted by Gasteiger charge is 2.05. The van der Waals surface area contributed by atoms with Crippen molar-refractivity contribution in [2.24, 2.45) is 0 Å². The minimum Gasteiger partial charge on any atom is -0.493 e. The van der Waals surface area contributed by atoms with Crippen LogP contribution in [-0.4, -0.2) is 13.2 Å². The van der Waals surface area contributed by atoms with E-state index in [1.807, 2.05) is 31.2 Å². The lowest BCUT2D eigenvalue weighted by molar-refractivity contribution is 0.207. The van der Waals surface area contributed by atoms with Crippen molar-refractivity contribution in [1.29, 1.82) is 0 Å². The van der Waals surface area contributed by atoms with Crippen LogP contribution >= 0.6 is 0 Å².